The number of hydrogen-bond donors (Lipinski definition) is 0. The molecule has 0 amide bonds. The zero-order valence-electron chi connectivity index (χ0n) is 12.3. The molecule has 0 radical (unpaired) electrons. The Labute approximate surface area is 122 Å². The number of carbonyl (C=O) groups is 2. The van der Waals surface area contributed by atoms with E-state index in [0.717, 1.165) is 24.4 Å². The molecule has 5 nitrogen and oxygen atoms in total. The Balaban J connectivity index is 2.42. The van der Waals surface area contributed by atoms with Gasteiger partial charge in [-0.2, -0.15) is 0 Å². The van der Waals surface area contributed by atoms with Crippen molar-refractivity contribution in [3.63, 3.8) is 0 Å². The second-order valence-electron chi connectivity index (χ2n) is 5.12. The van der Waals surface area contributed by atoms with Crippen molar-refractivity contribution >= 4 is 28.2 Å². The molecule has 6 heteroatoms. The van der Waals surface area contributed by atoms with Gasteiger partial charge in [0, 0.05) is 19.0 Å². The molecular weight excluding hydrogens is 276 g/mol. The first-order valence-corrected chi connectivity index (χ1v) is 7.69. The molecule has 1 aromatic rings. The molecule has 0 spiro atoms. The quantitative estimate of drug-likeness (QED) is 0.631. The first kappa shape index (κ1) is 15.0. The van der Waals surface area contributed by atoms with Crippen LogP contribution >= 0.6 is 11.3 Å². The molecule has 0 N–H and O–H groups in total. The summed E-state index contributed by atoms with van der Waals surface area (Å²) in [5.41, 5.74) is 0.147. The van der Waals surface area contributed by atoms with E-state index < -0.39 is 5.97 Å². The average Bonchev–Trinajstić information content (AvgIpc) is 3.00. The van der Waals surface area contributed by atoms with Gasteiger partial charge in [-0.1, -0.05) is 18.3 Å². The minimum Gasteiger partial charge on any atom is -0.464 e. The van der Waals surface area contributed by atoms with Crippen LogP contribution in [0.1, 0.15) is 60.2 Å². The van der Waals surface area contributed by atoms with Gasteiger partial charge in [0.05, 0.1) is 7.11 Å². The average molecular weight is 296 g/mol. The normalized spacial score (nSPS) is 22.1. The van der Waals surface area contributed by atoms with Gasteiger partial charge in [-0.3, -0.25) is 4.79 Å². The summed E-state index contributed by atoms with van der Waals surface area (Å²) in [6, 6.07) is 0.817. The second kappa shape index (κ2) is 5.91. The van der Waals surface area contributed by atoms with E-state index in [4.69, 9.17) is 4.74 Å². The van der Waals surface area contributed by atoms with Crippen LogP contribution in [0.15, 0.2) is 0 Å². The van der Waals surface area contributed by atoms with Gasteiger partial charge >= 0.3 is 5.97 Å². The van der Waals surface area contributed by atoms with E-state index in [2.05, 4.69) is 23.7 Å². The molecule has 1 aromatic heterocycles. The second-order valence-corrected chi connectivity index (χ2v) is 6.10. The van der Waals surface area contributed by atoms with E-state index in [1.165, 1.54) is 25.4 Å². The number of rotatable bonds is 4. The SMILES string of the molecule is CCC1CCC(C)N1c1nc(C(=O)OC)c(C(C)=O)s1. The summed E-state index contributed by atoms with van der Waals surface area (Å²) >= 11 is 1.30. The summed E-state index contributed by atoms with van der Waals surface area (Å²) in [4.78, 5) is 30.5. The van der Waals surface area contributed by atoms with Crippen LogP contribution in [-0.2, 0) is 4.74 Å². The molecular formula is C14H20N2O3S. The number of methoxy groups -OCH3 is 1. The Morgan fingerprint density at radius 3 is 2.70 bits per heavy atom. The van der Waals surface area contributed by atoms with Crippen LogP contribution in [0.5, 0.6) is 0 Å². The smallest absolute Gasteiger partial charge is 0.358 e. The van der Waals surface area contributed by atoms with E-state index >= 15 is 0 Å². The molecule has 0 aromatic carbocycles. The standard InChI is InChI=1S/C14H20N2O3S/c1-5-10-7-6-8(2)16(10)14-15-11(13(18)19-4)12(20-14)9(3)17/h8,10H,5-7H2,1-4H3. The third kappa shape index (κ3) is 2.57. The molecule has 2 unspecified atom stereocenters. The highest BCUT2D eigenvalue weighted by molar-refractivity contribution is 7.17. The van der Waals surface area contributed by atoms with Crippen molar-refractivity contribution in [3.8, 4) is 0 Å². The molecule has 1 fully saturated rings. The molecule has 20 heavy (non-hydrogen) atoms. The van der Waals surface area contributed by atoms with E-state index in [0.29, 0.717) is 17.0 Å². The van der Waals surface area contributed by atoms with Crippen LogP contribution < -0.4 is 4.90 Å². The van der Waals surface area contributed by atoms with Crippen LogP contribution in [0.3, 0.4) is 0 Å². The van der Waals surface area contributed by atoms with E-state index in [1.54, 1.807) is 0 Å². The molecule has 2 heterocycles. The fourth-order valence-corrected chi connectivity index (χ4v) is 3.83. The fourth-order valence-electron chi connectivity index (χ4n) is 2.71. The highest BCUT2D eigenvalue weighted by atomic mass is 32.1. The molecule has 1 aliphatic rings. The number of ketones is 1. The van der Waals surface area contributed by atoms with Gasteiger partial charge in [0.25, 0.3) is 0 Å². The summed E-state index contributed by atoms with van der Waals surface area (Å²) in [5.74, 6) is -0.688. The predicted molar refractivity (Wildman–Crippen MR) is 78.7 cm³/mol. The van der Waals surface area contributed by atoms with Crippen molar-refractivity contribution in [1.29, 1.82) is 0 Å². The molecule has 2 rings (SSSR count). The van der Waals surface area contributed by atoms with Crippen LogP contribution in [-0.4, -0.2) is 35.9 Å². The van der Waals surface area contributed by atoms with Gasteiger partial charge in [-0.05, 0) is 26.2 Å². The molecule has 0 aliphatic carbocycles. The Kier molecular flexibility index (Phi) is 4.42. The number of aromatic nitrogens is 1. The topological polar surface area (TPSA) is 59.5 Å². The maximum Gasteiger partial charge on any atom is 0.358 e. The van der Waals surface area contributed by atoms with Crippen molar-refractivity contribution in [2.24, 2.45) is 0 Å². The fraction of sp³-hybridized carbons (Fsp3) is 0.643. The molecule has 0 bridgehead atoms. The van der Waals surface area contributed by atoms with Gasteiger partial charge in [0.15, 0.2) is 16.6 Å². The van der Waals surface area contributed by atoms with Gasteiger partial charge in [0.2, 0.25) is 0 Å². The first-order chi connectivity index (χ1) is 9.49. The largest absolute Gasteiger partial charge is 0.464 e. The Morgan fingerprint density at radius 1 is 1.45 bits per heavy atom. The maximum absolute atomic E-state index is 11.8. The minimum atomic E-state index is -0.544. The first-order valence-electron chi connectivity index (χ1n) is 6.88. The summed E-state index contributed by atoms with van der Waals surface area (Å²) in [5, 5.41) is 0.757. The number of anilines is 1. The highest BCUT2D eigenvalue weighted by Crippen LogP contribution is 2.36. The molecule has 1 aliphatic heterocycles. The number of ether oxygens (including phenoxy) is 1. The monoisotopic (exact) mass is 296 g/mol. The van der Waals surface area contributed by atoms with Crippen molar-refractivity contribution in [2.45, 2.75) is 52.1 Å². The summed E-state index contributed by atoms with van der Waals surface area (Å²) in [6.07, 6.45) is 3.27. The lowest BCUT2D eigenvalue weighted by Gasteiger charge is -2.27. The van der Waals surface area contributed by atoms with Crippen LogP contribution in [0.2, 0.25) is 0 Å². The van der Waals surface area contributed by atoms with Gasteiger partial charge in [-0.15, -0.1) is 0 Å². The Bertz CT molecular complexity index is 526. The summed E-state index contributed by atoms with van der Waals surface area (Å²) < 4.78 is 4.72. The Morgan fingerprint density at radius 2 is 2.15 bits per heavy atom. The third-order valence-corrected chi connectivity index (χ3v) is 4.96. The summed E-state index contributed by atoms with van der Waals surface area (Å²) in [6.45, 7) is 5.76. The predicted octanol–water partition coefficient (Wildman–Crippen LogP) is 2.90. The summed E-state index contributed by atoms with van der Waals surface area (Å²) in [7, 11) is 1.30. The van der Waals surface area contributed by atoms with Crippen molar-refractivity contribution in [1.82, 2.24) is 4.98 Å². The van der Waals surface area contributed by atoms with Crippen molar-refractivity contribution in [2.75, 3.05) is 12.0 Å². The van der Waals surface area contributed by atoms with E-state index in [-0.39, 0.29) is 11.5 Å². The van der Waals surface area contributed by atoms with Crippen LogP contribution in [0.4, 0.5) is 5.13 Å². The number of thiazole rings is 1. The van der Waals surface area contributed by atoms with Gasteiger partial charge < -0.3 is 9.64 Å². The lowest BCUT2D eigenvalue weighted by molar-refractivity contribution is 0.0591. The number of Topliss-reactive ketones (excluding diaryl/α,β-unsaturated/α-hetero) is 1. The Hall–Kier alpha value is -1.43. The zero-order valence-corrected chi connectivity index (χ0v) is 13.1. The number of nitrogens with zero attached hydrogens (tertiary/aromatic N) is 2. The number of hydrogen-bond acceptors (Lipinski definition) is 6. The molecule has 0 saturated carbocycles. The molecule has 110 valence electrons. The number of esters is 1. The van der Waals surface area contributed by atoms with Crippen molar-refractivity contribution < 1.29 is 14.3 Å². The van der Waals surface area contributed by atoms with Crippen LogP contribution in [0.25, 0.3) is 0 Å². The third-order valence-electron chi connectivity index (χ3n) is 3.79. The maximum atomic E-state index is 11.8. The lowest BCUT2D eigenvalue weighted by atomic mass is 10.2. The van der Waals surface area contributed by atoms with Gasteiger partial charge in [0.1, 0.15) is 4.88 Å². The van der Waals surface area contributed by atoms with E-state index in [1.807, 2.05) is 0 Å². The lowest BCUT2D eigenvalue weighted by Crippen LogP contribution is -2.34. The van der Waals surface area contributed by atoms with Crippen molar-refractivity contribution in [3.05, 3.63) is 10.6 Å². The zero-order chi connectivity index (χ0) is 14.9. The van der Waals surface area contributed by atoms with Gasteiger partial charge in [-0.25, -0.2) is 9.78 Å². The minimum absolute atomic E-state index is 0.144. The molecule has 1 saturated heterocycles. The number of carbonyl (C=O) groups excluding carboxylic acids is 2. The molecule has 2 atom stereocenters. The highest BCUT2D eigenvalue weighted by Gasteiger charge is 2.33. The van der Waals surface area contributed by atoms with E-state index in [9.17, 15) is 9.59 Å². The van der Waals surface area contributed by atoms with Crippen LogP contribution in [0, 0.1) is 0 Å².